The second-order valence-corrected chi connectivity index (χ2v) is 13.1. The van der Waals surface area contributed by atoms with Crippen molar-refractivity contribution in [3.8, 4) is 0 Å². The van der Waals surface area contributed by atoms with Crippen molar-refractivity contribution in [2.75, 3.05) is 20.8 Å². The molecular weight excluding hydrogens is 356 g/mol. The van der Waals surface area contributed by atoms with Crippen LogP contribution >= 0.6 is 0 Å². The summed E-state index contributed by atoms with van der Waals surface area (Å²) in [4.78, 5) is 37.6. The predicted molar refractivity (Wildman–Crippen MR) is 95.9 cm³/mol. The zero-order valence-electron chi connectivity index (χ0n) is 16.5. The lowest BCUT2D eigenvalue weighted by atomic mass is 9.79. The summed E-state index contributed by atoms with van der Waals surface area (Å²) in [5.41, 5.74) is -1.57. The first kappa shape index (κ1) is 20.8. The lowest BCUT2D eigenvalue weighted by molar-refractivity contribution is -0.165. The molecule has 0 unspecified atom stereocenters. The lowest BCUT2D eigenvalue weighted by Gasteiger charge is -2.40. The number of carbonyl (C=O) groups excluding carboxylic acids is 3. The smallest absolute Gasteiger partial charge is 0.313 e. The van der Waals surface area contributed by atoms with E-state index in [2.05, 4.69) is 20.8 Å². The van der Waals surface area contributed by atoms with Gasteiger partial charge in [-0.2, -0.15) is 0 Å². The Morgan fingerprint density at radius 3 is 2.27 bits per heavy atom. The van der Waals surface area contributed by atoms with E-state index in [0.29, 0.717) is 0 Å². The molecule has 0 aliphatic carbocycles. The third kappa shape index (κ3) is 3.25. The van der Waals surface area contributed by atoms with Gasteiger partial charge in [-0.3, -0.25) is 14.4 Å². The Kier molecular flexibility index (Phi) is 5.52. The highest BCUT2D eigenvalue weighted by atomic mass is 28.4. The Bertz CT molecular complexity index is 634. The standard InChI is InChI=1S/C18H28O7Si/c1-17(2,3)26(6,7)24-10-18-12(19)9-8-11(25-18)13(15(20)22-4)14(18)16(21)23-5/h8-9,11,13-14H,10H2,1-7H3/t11-,13+,14+,18+/m1/s1. The van der Waals surface area contributed by atoms with Gasteiger partial charge in [0.15, 0.2) is 19.7 Å². The molecule has 8 heteroatoms. The van der Waals surface area contributed by atoms with Gasteiger partial charge in [0, 0.05) is 0 Å². The van der Waals surface area contributed by atoms with E-state index in [-0.39, 0.29) is 11.6 Å². The molecule has 1 fully saturated rings. The number of hydrogen-bond donors (Lipinski definition) is 0. The summed E-state index contributed by atoms with van der Waals surface area (Å²) in [5.74, 6) is -3.75. The number of methoxy groups -OCH3 is 2. The fraction of sp³-hybridized carbons (Fsp3) is 0.722. The molecule has 2 aliphatic heterocycles. The quantitative estimate of drug-likeness (QED) is 0.528. The van der Waals surface area contributed by atoms with Crippen molar-refractivity contribution in [1.82, 2.24) is 0 Å². The maximum atomic E-state index is 12.8. The van der Waals surface area contributed by atoms with Gasteiger partial charge in [-0.25, -0.2) is 0 Å². The van der Waals surface area contributed by atoms with Crippen molar-refractivity contribution in [2.24, 2.45) is 11.8 Å². The molecule has 2 aliphatic rings. The first-order valence-electron chi connectivity index (χ1n) is 8.61. The zero-order chi connectivity index (χ0) is 19.9. The Morgan fingerprint density at radius 1 is 1.19 bits per heavy atom. The third-order valence-corrected chi connectivity index (χ3v) is 10.3. The van der Waals surface area contributed by atoms with Gasteiger partial charge >= 0.3 is 11.9 Å². The van der Waals surface area contributed by atoms with E-state index in [1.54, 1.807) is 0 Å². The molecular formula is C18H28O7Si. The molecule has 0 aromatic carbocycles. The number of hydrogen-bond acceptors (Lipinski definition) is 7. The van der Waals surface area contributed by atoms with Crippen molar-refractivity contribution >= 4 is 26.0 Å². The largest absolute Gasteiger partial charge is 0.469 e. The van der Waals surface area contributed by atoms with Crippen molar-refractivity contribution in [3.05, 3.63) is 12.2 Å². The van der Waals surface area contributed by atoms with E-state index in [4.69, 9.17) is 18.6 Å². The van der Waals surface area contributed by atoms with Crippen LogP contribution in [0.4, 0.5) is 0 Å². The van der Waals surface area contributed by atoms with Gasteiger partial charge in [0.05, 0.1) is 26.9 Å². The molecule has 0 radical (unpaired) electrons. The Hall–Kier alpha value is -1.51. The number of esters is 2. The Balaban J connectivity index is 2.44. The average molecular weight is 385 g/mol. The monoisotopic (exact) mass is 384 g/mol. The number of ketones is 1. The topological polar surface area (TPSA) is 88.1 Å². The Morgan fingerprint density at radius 2 is 1.77 bits per heavy atom. The predicted octanol–water partition coefficient (Wildman–Crippen LogP) is 1.86. The maximum Gasteiger partial charge on any atom is 0.313 e. The van der Waals surface area contributed by atoms with Crippen LogP contribution in [0.1, 0.15) is 20.8 Å². The van der Waals surface area contributed by atoms with Crippen LogP contribution in [-0.4, -0.2) is 58.6 Å². The van der Waals surface area contributed by atoms with Crippen LogP contribution < -0.4 is 0 Å². The number of rotatable bonds is 5. The zero-order valence-corrected chi connectivity index (χ0v) is 17.5. The van der Waals surface area contributed by atoms with Gasteiger partial charge in [0.2, 0.25) is 0 Å². The molecule has 4 atom stereocenters. The van der Waals surface area contributed by atoms with Crippen LogP contribution in [0.5, 0.6) is 0 Å². The lowest BCUT2D eigenvalue weighted by Crippen LogP contribution is -2.55. The molecule has 0 spiro atoms. The maximum absolute atomic E-state index is 12.8. The van der Waals surface area contributed by atoms with E-state index in [1.807, 2.05) is 13.1 Å². The highest BCUT2D eigenvalue weighted by Gasteiger charge is 2.66. The van der Waals surface area contributed by atoms with E-state index >= 15 is 0 Å². The third-order valence-electron chi connectivity index (χ3n) is 5.80. The highest BCUT2D eigenvalue weighted by Crippen LogP contribution is 2.47. The van der Waals surface area contributed by atoms with Crippen LogP contribution in [0.2, 0.25) is 18.1 Å². The van der Waals surface area contributed by atoms with Gasteiger partial charge in [-0.05, 0) is 24.2 Å². The summed E-state index contributed by atoms with van der Waals surface area (Å²) < 4.78 is 21.9. The van der Waals surface area contributed by atoms with Crippen molar-refractivity contribution < 1.29 is 33.0 Å². The van der Waals surface area contributed by atoms with Crippen molar-refractivity contribution in [2.45, 2.75) is 50.6 Å². The van der Waals surface area contributed by atoms with E-state index in [9.17, 15) is 14.4 Å². The summed E-state index contributed by atoms with van der Waals surface area (Å²) in [6.07, 6.45) is 2.13. The SMILES string of the molecule is COC(=O)[C@@H]1[C@@H](C(=O)OC)[C@@]2(CO[Si](C)(C)C(C)(C)C)O[C@@H]1C=CC2=O. The minimum atomic E-state index is -2.22. The second-order valence-electron chi connectivity index (χ2n) is 8.29. The molecule has 7 nitrogen and oxygen atoms in total. The molecule has 2 heterocycles. The van der Waals surface area contributed by atoms with Crippen LogP contribution in [0.3, 0.4) is 0 Å². The Labute approximate surface area is 155 Å². The van der Waals surface area contributed by atoms with Gasteiger partial charge < -0.3 is 18.6 Å². The molecule has 0 amide bonds. The van der Waals surface area contributed by atoms with E-state index in [0.717, 1.165) is 0 Å². The molecule has 0 saturated carbocycles. The molecule has 0 aromatic rings. The molecule has 1 saturated heterocycles. The van der Waals surface area contributed by atoms with Crippen LogP contribution in [0.15, 0.2) is 12.2 Å². The van der Waals surface area contributed by atoms with Gasteiger partial charge in [0.1, 0.15) is 11.8 Å². The summed E-state index contributed by atoms with van der Waals surface area (Å²) >= 11 is 0. The van der Waals surface area contributed by atoms with Crippen molar-refractivity contribution in [3.63, 3.8) is 0 Å². The molecule has 26 heavy (non-hydrogen) atoms. The number of ether oxygens (including phenoxy) is 3. The molecule has 2 bridgehead atoms. The second kappa shape index (κ2) is 6.90. The molecule has 0 aromatic heterocycles. The molecule has 146 valence electrons. The summed E-state index contributed by atoms with van der Waals surface area (Å²) in [5, 5.41) is -0.0856. The summed E-state index contributed by atoms with van der Waals surface area (Å²) in [6, 6.07) is 0. The minimum Gasteiger partial charge on any atom is -0.469 e. The fourth-order valence-electron chi connectivity index (χ4n) is 3.13. The van der Waals surface area contributed by atoms with E-state index < -0.39 is 49.6 Å². The van der Waals surface area contributed by atoms with Crippen LogP contribution in [0.25, 0.3) is 0 Å². The highest BCUT2D eigenvalue weighted by molar-refractivity contribution is 6.74. The van der Waals surface area contributed by atoms with Crippen LogP contribution in [-0.2, 0) is 33.0 Å². The first-order valence-corrected chi connectivity index (χ1v) is 11.5. The minimum absolute atomic E-state index is 0.0856. The van der Waals surface area contributed by atoms with Gasteiger partial charge in [-0.1, -0.05) is 26.8 Å². The van der Waals surface area contributed by atoms with E-state index in [1.165, 1.54) is 26.4 Å². The summed E-state index contributed by atoms with van der Waals surface area (Å²) in [6.45, 7) is 10.2. The molecule has 0 N–H and O–H groups in total. The number of fused-ring (bicyclic) bond motifs is 2. The number of carbonyl (C=O) groups is 3. The van der Waals surface area contributed by atoms with Gasteiger partial charge in [-0.15, -0.1) is 0 Å². The fourth-order valence-corrected chi connectivity index (χ4v) is 4.14. The first-order chi connectivity index (χ1) is 11.9. The molecule has 2 rings (SSSR count). The van der Waals surface area contributed by atoms with Crippen molar-refractivity contribution in [1.29, 1.82) is 0 Å². The van der Waals surface area contributed by atoms with Crippen LogP contribution in [0, 0.1) is 11.8 Å². The normalized spacial score (nSPS) is 31.0. The van der Waals surface area contributed by atoms with Gasteiger partial charge in [0.25, 0.3) is 0 Å². The summed E-state index contributed by atoms with van der Waals surface area (Å²) in [7, 11) is 0.241. The average Bonchev–Trinajstić information content (AvgIpc) is 2.85.